The number of hydrogen-bond donors (Lipinski definition) is 1. The minimum atomic E-state index is 0.236. The van der Waals surface area contributed by atoms with E-state index >= 15 is 0 Å². The molecule has 0 amide bonds. The van der Waals surface area contributed by atoms with E-state index < -0.39 is 0 Å². The van der Waals surface area contributed by atoms with E-state index in [2.05, 4.69) is 24.3 Å². The molecule has 5 heteroatoms. The Hall–Kier alpha value is -0.580. The van der Waals surface area contributed by atoms with Crippen molar-refractivity contribution in [3.8, 4) is 0 Å². The van der Waals surface area contributed by atoms with Gasteiger partial charge in [-0.25, -0.2) is 0 Å². The Kier molecular flexibility index (Phi) is 5.10. The number of nitrogens with zero attached hydrogens (tertiary/aromatic N) is 2. The lowest BCUT2D eigenvalue weighted by molar-refractivity contribution is 0.0140. The lowest BCUT2D eigenvalue weighted by Crippen LogP contribution is -2.43. The molecule has 20 heavy (non-hydrogen) atoms. The molecule has 1 aromatic heterocycles. The molecule has 0 spiro atoms. The third kappa shape index (κ3) is 3.54. The zero-order chi connectivity index (χ0) is 14.8. The Morgan fingerprint density at radius 2 is 2.05 bits per heavy atom. The summed E-state index contributed by atoms with van der Waals surface area (Å²) in [7, 11) is 1.90. The van der Waals surface area contributed by atoms with Crippen LogP contribution in [0.1, 0.15) is 37.9 Å². The molecule has 0 bridgehead atoms. The summed E-state index contributed by atoms with van der Waals surface area (Å²) in [6.07, 6.45) is 3.14. The van der Waals surface area contributed by atoms with Crippen LogP contribution in [-0.4, -0.2) is 35.6 Å². The fourth-order valence-electron chi connectivity index (χ4n) is 2.89. The van der Waals surface area contributed by atoms with Crippen LogP contribution in [-0.2, 0) is 18.2 Å². The molecule has 2 heterocycles. The summed E-state index contributed by atoms with van der Waals surface area (Å²) in [5, 5.41) is 8.81. The van der Waals surface area contributed by atoms with E-state index in [0.717, 1.165) is 49.9 Å². The molecule has 0 atom stereocenters. The Morgan fingerprint density at radius 3 is 2.55 bits per heavy atom. The molecule has 1 N–H and O–H groups in total. The summed E-state index contributed by atoms with van der Waals surface area (Å²) < 4.78 is 7.33. The molecular formula is C15H26ClN3O. The molecule has 114 valence electrons. The second-order valence-electron chi connectivity index (χ2n) is 6.30. The average molecular weight is 300 g/mol. The SMILES string of the molecule is Cc1nn(C)c(Cl)c1CC1(CNC(C)C)CCOCC1. The summed E-state index contributed by atoms with van der Waals surface area (Å²) in [4.78, 5) is 0. The standard InChI is InChI=1S/C15H26ClN3O/c1-11(2)17-10-15(5-7-20-8-6-15)9-13-12(3)18-19(4)14(13)16/h11,17H,5-10H2,1-4H3. The third-order valence-corrected chi connectivity index (χ3v) is 4.73. The van der Waals surface area contributed by atoms with Gasteiger partial charge in [0.15, 0.2) is 0 Å². The van der Waals surface area contributed by atoms with Crippen molar-refractivity contribution in [3.63, 3.8) is 0 Å². The maximum Gasteiger partial charge on any atom is 0.130 e. The van der Waals surface area contributed by atoms with Crippen molar-refractivity contribution in [2.45, 2.75) is 46.1 Å². The summed E-state index contributed by atoms with van der Waals surface area (Å²) >= 11 is 6.41. The van der Waals surface area contributed by atoms with E-state index in [9.17, 15) is 0 Å². The normalized spacial score (nSPS) is 18.7. The first-order valence-corrected chi connectivity index (χ1v) is 7.80. The minimum absolute atomic E-state index is 0.236. The van der Waals surface area contributed by atoms with Crippen molar-refractivity contribution in [1.82, 2.24) is 15.1 Å². The van der Waals surface area contributed by atoms with Crippen LogP contribution < -0.4 is 5.32 Å². The number of nitrogens with one attached hydrogen (secondary N) is 1. The highest BCUT2D eigenvalue weighted by Gasteiger charge is 2.34. The largest absolute Gasteiger partial charge is 0.381 e. The second kappa shape index (κ2) is 6.46. The molecular weight excluding hydrogens is 274 g/mol. The number of ether oxygens (including phenoxy) is 1. The first-order valence-electron chi connectivity index (χ1n) is 7.43. The quantitative estimate of drug-likeness (QED) is 0.908. The van der Waals surface area contributed by atoms with E-state index in [4.69, 9.17) is 16.3 Å². The van der Waals surface area contributed by atoms with Crippen LogP contribution in [0.4, 0.5) is 0 Å². The number of aromatic nitrogens is 2. The Balaban J connectivity index is 2.18. The van der Waals surface area contributed by atoms with Crippen molar-refractivity contribution < 1.29 is 4.74 Å². The van der Waals surface area contributed by atoms with Crippen LogP contribution in [0, 0.1) is 12.3 Å². The van der Waals surface area contributed by atoms with Gasteiger partial charge < -0.3 is 10.1 Å². The topological polar surface area (TPSA) is 39.1 Å². The highest BCUT2D eigenvalue weighted by molar-refractivity contribution is 6.30. The number of halogens is 1. The Labute approximate surface area is 126 Å². The average Bonchev–Trinajstić information content (AvgIpc) is 2.64. The van der Waals surface area contributed by atoms with Crippen LogP contribution >= 0.6 is 11.6 Å². The van der Waals surface area contributed by atoms with Gasteiger partial charge in [0.25, 0.3) is 0 Å². The molecule has 1 aliphatic heterocycles. The van der Waals surface area contributed by atoms with Gasteiger partial charge in [0, 0.05) is 38.4 Å². The number of rotatable bonds is 5. The summed E-state index contributed by atoms with van der Waals surface area (Å²) in [6.45, 7) is 9.13. The smallest absolute Gasteiger partial charge is 0.130 e. The summed E-state index contributed by atoms with van der Waals surface area (Å²) in [5.41, 5.74) is 2.48. The van der Waals surface area contributed by atoms with Crippen LogP contribution in [0.2, 0.25) is 5.15 Å². The zero-order valence-electron chi connectivity index (χ0n) is 13.0. The molecule has 1 aliphatic rings. The monoisotopic (exact) mass is 299 g/mol. The first kappa shape index (κ1) is 15.8. The molecule has 0 radical (unpaired) electrons. The highest BCUT2D eigenvalue weighted by Crippen LogP contribution is 2.36. The summed E-state index contributed by atoms with van der Waals surface area (Å²) in [6, 6.07) is 0.500. The van der Waals surface area contributed by atoms with E-state index in [1.165, 1.54) is 5.56 Å². The van der Waals surface area contributed by atoms with Gasteiger partial charge >= 0.3 is 0 Å². The molecule has 2 rings (SSSR count). The van der Waals surface area contributed by atoms with E-state index in [0.29, 0.717) is 6.04 Å². The fraction of sp³-hybridized carbons (Fsp3) is 0.800. The van der Waals surface area contributed by atoms with Gasteiger partial charge in [0.2, 0.25) is 0 Å². The molecule has 4 nitrogen and oxygen atoms in total. The van der Waals surface area contributed by atoms with Crippen molar-refractivity contribution in [3.05, 3.63) is 16.4 Å². The van der Waals surface area contributed by atoms with E-state index in [1.807, 2.05) is 14.0 Å². The predicted molar refractivity (Wildman–Crippen MR) is 82.3 cm³/mol. The van der Waals surface area contributed by atoms with Gasteiger partial charge in [-0.05, 0) is 31.6 Å². The van der Waals surface area contributed by atoms with Crippen LogP contribution in [0.25, 0.3) is 0 Å². The summed E-state index contributed by atoms with van der Waals surface area (Å²) in [5.74, 6) is 0. The minimum Gasteiger partial charge on any atom is -0.381 e. The fourth-order valence-corrected chi connectivity index (χ4v) is 3.13. The first-order chi connectivity index (χ1) is 9.43. The van der Waals surface area contributed by atoms with Gasteiger partial charge in [-0.15, -0.1) is 0 Å². The van der Waals surface area contributed by atoms with Gasteiger partial charge in [-0.3, -0.25) is 4.68 Å². The Morgan fingerprint density at radius 1 is 1.40 bits per heavy atom. The lowest BCUT2D eigenvalue weighted by Gasteiger charge is -2.38. The molecule has 0 aliphatic carbocycles. The second-order valence-corrected chi connectivity index (χ2v) is 6.66. The van der Waals surface area contributed by atoms with Crippen LogP contribution in [0.5, 0.6) is 0 Å². The number of hydrogen-bond acceptors (Lipinski definition) is 3. The van der Waals surface area contributed by atoms with Gasteiger partial charge in [0.05, 0.1) is 5.69 Å². The molecule has 1 aromatic rings. The molecule has 0 saturated carbocycles. The van der Waals surface area contributed by atoms with Crippen LogP contribution in [0.3, 0.4) is 0 Å². The van der Waals surface area contributed by atoms with Gasteiger partial charge in [-0.2, -0.15) is 5.10 Å². The zero-order valence-corrected chi connectivity index (χ0v) is 13.8. The van der Waals surface area contributed by atoms with Gasteiger partial charge in [0.1, 0.15) is 5.15 Å². The predicted octanol–water partition coefficient (Wildman–Crippen LogP) is 2.72. The van der Waals surface area contributed by atoms with Gasteiger partial charge in [-0.1, -0.05) is 25.4 Å². The van der Waals surface area contributed by atoms with Crippen molar-refractivity contribution in [2.75, 3.05) is 19.8 Å². The van der Waals surface area contributed by atoms with Crippen molar-refractivity contribution in [2.24, 2.45) is 12.5 Å². The molecule has 0 unspecified atom stereocenters. The molecule has 1 saturated heterocycles. The third-order valence-electron chi connectivity index (χ3n) is 4.26. The molecule has 0 aromatic carbocycles. The van der Waals surface area contributed by atoms with E-state index in [-0.39, 0.29) is 5.41 Å². The molecule has 1 fully saturated rings. The lowest BCUT2D eigenvalue weighted by atomic mass is 9.75. The van der Waals surface area contributed by atoms with Crippen molar-refractivity contribution >= 4 is 11.6 Å². The van der Waals surface area contributed by atoms with E-state index in [1.54, 1.807) is 4.68 Å². The number of aryl methyl sites for hydroxylation is 2. The maximum atomic E-state index is 6.41. The highest BCUT2D eigenvalue weighted by atomic mass is 35.5. The maximum absolute atomic E-state index is 6.41. The Bertz CT molecular complexity index is 450. The van der Waals surface area contributed by atoms with Crippen molar-refractivity contribution in [1.29, 1.82) is 0 Å². The van der Waals surface area contributed by atoms with Crippen LogP contribution in [0.15, 0.2) is 0 Å².